The van der Waals surface area contributed by atoms with E-state index < -0.39 is 0 Å². The highest BCUT2D eigenvalue weighted by Crippen LogP contribution is 2.55. The summed E-state index contributed by atoms with van der Waals surface area (Å²) in [7, 11) is 0. The summed E-state index contributed by atoms with van der Waals surface area (Å²) < 4.78 is 5.23. The predicted molar refractivity (Wildman–Crippen MR) is 280 cm³/mol. The summed E-state index contributed by atoms with van der Waals surface area (Å²) in [5, 5.41) is 4.00. The van der Waals surface area contributed by atoms with Crippen LogP contribution in [0.15, 0.2) is 134 Å². The fourth-order valence-corrected chi connectivity index (χ4v) is 14.5. The molecule has 11 rings (SSSR count). The number of unbranched alkanes of at least 4 members (excludes halogenated alkanes) is 1. The zero-order valence-electron chi connectivity index (χ0n) is 39.7. The van der Waals surface area contributed by atoms with Crippen LogP contribution < -0.4 is 4.57 Å². The molecule has 0 spiro atoms. The zero-order valence-corrected chi connectivity index (χ0v) is 41.3. The molecule has 0 fully saturated rings. The van der Waals surface area contributed by atoms with Gasteiger partial charge in [0.25, 0.3) is 5.01 Å². The molecule has 1 aliphatic carbocycles. The van der Waals surface area contributed by atoms with Gasteiger partial charge in [-0.1, -0.05) is 138 Å². The van der Waals surface area contributed by atoms with Gasteiger partial charge in [-0.15, -0.1) is 11.3 Å². The summed E-state index contributed by atoms with van der Waals surface area (Å²) in [5.74, 6) is 0. The van der Waals surface area contributed by atoms with Crippen LogP contribution in [0.2, 0.25) is 0 Å². The average Bonchev–Trinajstić information content (AvgIpc) is 4.12. The lowest BCUT2D eigenvalue weighted by Crippen LogP contribution is -2.68. The molecule has 0 amide bonds. The molecular formula is C61H61N2S2+. The smallest absolute Gasteiger partial charge is 0.270 e. The molecule has 9 aromatic rings. The number of thiazole rings is 1. The minimum absolute atomic E-state index is 0.00625. The monoisotopic (exact) mass is 885 g/mol. The molecule has 1 unspecified atom stereocenters. The van der Waals surface area contributed by atoms with Gasteiger partial charge in [0.15, 0.2) is 11.7 Å². The first kappa shape index (κ1) is 42.1. The lowest BCUT2D eigenvalue weighted by molar-refractivity contribution is -0.765. The van der Waals surface area contributed by atoms with E-state index in [2.05, 4.69) is 205 Å². The highest BCUT2D eigenvalue weighted by molar-refractivity contribution is 7.19. The molecule has 2 nitrogen and oxygen atoms in total. The minimum atomic E-state index is -0.0724. The van der Waals surface area contributed by atoms with E-state index in [9.17, 15) is 0 Å². The van der Waals surface area contributed by atoms with E-state index >= 15 is 0 Å². The molecular weight excluding hydrogens is 825 g/mol. The minimum Gasteiger partial charge on any atom is -0.309 e. The summed E-state index contributed by atoms with van der Waals surface area (Å²) in [4.78, 5) is 3.97. The number of thiophene rings is 1. The zero-order chi connectivity index (χ0) is 45.0. The van der Waals surface area contributed by atoms with Gasteiger partial charge in [0, 0.05) is 50.0 Å². The molecule has 1 atom stereocenters. The Morgan fingerprint density at radius 1 is 0.554 bits per heavy atom. The van der Waals surface area contributed by atoms with Crippen molar-refractivity contribution < 1.29 is 4.57 Å². The van der Waals surface area contributed by atoms with Gasteiger partial charge in [-0.05, 0) is 145 Å². The number of aromatic nitrogens is 2. The summed E-state index contributed by atoms with van der Waals surface area (Å²) in [5.41, 5.74) is 20.1. The second-order valence-corrected chi connectivity index (χ2v) is 22.0. The maximum absolute atomic E-state index is 2.71. The molecule has 0 radical (unpaired) electrons. The van der Waals surface area contributed by atoms with Crippen molar-refractivity contribution in [2.24, 2.45) is 0 Å². The largest absolute Gasteiger partial charge is 0.309 e. The highest BCUT2D eigenvalue weighted by Gasteiger charge is 2.59. The third kappa shape index (κ3) is 6.19. The number of aryl methyl sites for hydroxylation is 3. The second kappa shape index (κ2) is 15.5. The Labute approximate surface area is 394 Å². The Kier molecular flexibility index (Phi) is 10.1. The van der Waals surface area contributed by atoms with Crippen LogP contribution in [-0.2, 0) is 22.8 Å². The molecule has 0 N–H and O–H groups in total. The highest BCUT2D eigenvalue weighted by atomic mass is 32.1. The van der Waals surface area contributed by atoms with Crippen molar-refractivity contribution in [1.82, 2.24) is 4.57 Å². The van der Waals surface area contributed by atoms with Crippen molar-refractivity contribution in [2.45, 2.75) is 117 Å². The van der Waals surface area contributed by atoms with Crippen molar-refractivity contribution in [1.29, 1.82) is 0 Å². The third-order valence-corrected chi connectivity index (χ3v) is 18.5. The maximum atomic E-state index is 2.71. The molecule has 0 saturated heterocycles. The Morgan fingerprint density at radius 2 is 1.28 bits per heavy atom. The van der Waals surface area contributed by atoms with Crippen LogP contribution in [0.5, 0.6) is 0 Å². The van der Waals surface area contributed by atoms with Gasteiger partial charge < -0.3 is 4.57 Å². The third-order valence-electron chi connectivity index (χ3n) is 16.2. The van der Waals surface area contributed by atoms with Crippen molar-refractivity contribution in [2.75, 3.05) is 0 Å². The number of fused-ring (bicyclic) bond motifs is 9. The van der Waals surface area contributed by atoms with Gasteiger partial charge >= 0.3 is 0 Å². The van der Waals surface area contributed by atoms with Crippen molar-refractivity contribution in [3.63, 3.8) is 0 Å². The summed E-state index contributed by atoms with van der Waals surface area (Å²) in [6.45, 7) is 21.3. The number of rotatable bonds is 10. The van der Waals surface area contributed by atoms with Crippen LogP contribution in [0.3, 0.4) is 0 Å². The fraction of sp³-hybridized carbons (Fsp3) is 0.295. The predicted octanol–water partition coefficient (Wildman–Crippen LogP) is 17.3. The first-order chi connectivity index (χ1) is 31.4. The summed E-state index contributed by atoms with van der Waals surface area (Å²) in [6.07, 6.45) is 9.32. The van der Waals surface area contributed by atoms with Gasteiger partial charge in [-0.3, -0.25) is 0 Å². The van der Waals surface area contributed by atoms with Gasteiger partial charge in [0.2, 0.25) is 0 Å². The lowest BCUT2D eigenvalue weighted by Gasteiger charge is -2.46. The first-order valence-corrected chi connectivity index (χ1v) is 25.8. The fourth-order valence-electron chi connectivity index (χ4n) is 12.2. The van der Waals surface area contributed by atoms with Crippen LogP contribution in [-0.4, -0.2) is 4.57 Å². The van der Waals surface area contributed by atoms with Crippen LogP contribution in [0.25, 0.3) is 80.5 Å². The maximum Gasteiger partial charge on any atom is 0.270 e. The number of benzene rings is 6. The van der Waals surface area contributed by atoms with Crippen LogP contribution in [0, 0.1) is 13.8 Å². The standard InChI is InChI=1S/C61H61N2S2/c1-10-14-17-40-22-26-43(27-23-40)63-53-29-25-42(33-47(53)48-35-46-44-18-15-16-19-50(44)59(7,8)52(46)36-54(48)63)56-31-30-55(64-56)41-24-28-51-49(34-41)58-62(61(12-3,13-4)60(51,9)11-2)37-57(65-58)45-32-38(5)20-21-39(45)6/h15-16,18-37H,10-14,17H2,1-9H3/q+1. The second-order valence-electron chi connectivity index (χ2n) is 19.9. The molecule has 0 bridgehead atoms. The van der Waals surface area contributed by atoms with E-state index in [1.807, 2.05) is 22.7 Å². The Bertz CT molecular complexity index is 3330. The Hall–Kier alpha value is -5.55. The van der Waals surface area contributed by atoms with E-state index in [1.54, 1.807) is 0 Å². The Balaban J connectivity index is 1.04. The first-order valence-electron chi connectivity index (χ1n) is 24.2. The number of hydrogen-bond acceptors (Lipinski definition) is 2. The molecule has 3 aromatic heterocycles. The normalized spacial score (nSPS) is 16.8. The van der Waals surface area contributed by atoms with E-state index in [-0.39, 0.29) is 16.4 Å². The topological polar surface area (TPSA) is 8.81 Å². The summed E-state index contributed by atoms with van der Waals surface area (Å²) in [6, 6.07) is 49.6. The molecule has 65 heavy (non-hydrogen) atoms. The van der Waals surface area contributed by atoms with E-state index in [4.69, 9.17) is 0 Å². The van der Waals surface area contributed by atoms with Gasteiger partial charge in [-0.2, -0.15) is 4.57 Å². The number of nitrogens with zero attached hydrogens (tertiary/aromatic N) is 2. The van der Waals surface area contributed by atoms with Crippen LogP contribution >= 0.6 is 22.7 Å². The molecule has 0 saturated carbocycles. The molecule has 326 valence electrons. The van der Waals surface area contributed by atoms with Gasteiger partial charge in [-0.25, -0.2) is 0 Å². The molecule has 6 aromatic carbocycles. The SMILES string of the molecule is CCCCc1ccc(-n2c3ccc(-c4ccc(-c5ccc6c(c5)-c5sc(-c7cc(C)ccc7C)c[n+]5C(CC)(CC)C6(C)CC)s4)cc3c3cc4c(cc32)C(C)(C)c2ccccc2-4)cc1. The van der Waals surface area contributed by atoms with Crippen LogP contribution in [0.4, 0.5) is 0 Å². The molecule has 1 aliphatic heterocycles. The molecule has 4 heteroatoms. The molecule has 2 aliphatic rings. The van der Waals surface area contributed by atoms with Gasteiger partial charge in [0.05, 0.1) is 22.0 Å². The lowest BCUT2D eigenvalue weighted by atomic mass is 9.59. The van der Waals surface area contributed by atoms with Crippen LogP contribution in [0.1, 0.15) is 114 Å². The summed E-state index contributed by atoms with van der Waals surface area (Å²) >= 11 is 3.89. The van der Waals surface area contributed by atoms with Crippen molar-refractivity contribution >= 4 is 44.5 Å². The Morgan fingerprint density at radius 3 is 2.02 bits per heavy atom. The van der Waals surface area contributed by atoms with Crippen molar-refractivity contribution in [3.8, 4) is 58.7 Å². The van der Waals surface area contributed by atoms with Crippen molar-refractivity contribution in [3.05, 3.63) is 167 Å². The van der Waals surface area contributed by atoms with E-state index in [0.29, 0.717) is 0 Å². The van der Waals surface area contributed by atoms with E-state index in [1.165, 1.54) is 127 Å². The van der Waals surface area contributed by atoms with E-state index in [0.717, 1.165) is 25.7 Å². The quantitative estimate of drug-likeness (QED) is 0.121. The number of hydrogen-bond donors (Lipinski definition) is 0. The molecule has 4 heterocycles. The average molecular weight is 886 g/mol. The van der Waals surface area contributed by atoms with Gasteiger partial charge in [0.1, 0.15) is 4.88 Å².